The van der Waals surface area contributed by atoms with E-state index >= 15 is 0 Å². The molecule has 134 valence electrons. The number of allylic oxidation sites excluding steroid dienone is 1. The number of carbonyl (C=O) groups is 1. The standard InChI is InChI=1S/C18H21NO5S/c1-12-4-6-14(7-5-12)25(21,22)19-17(23-3)15-11-24-18(2)9-8-13(20)10-16(15)18/h4-9,15-16H,10-11H2,1-3H3/b19-17+/t15-,16-,18-/m1/s1. The van der Waals surface area contributed by atoms with Gasteiger partial charge in [-0.2, -0.15) is 8.42 Å². The number of sulfonamides is 1. The summed E-state index contributed by atoms with van der Waals surface area (Å²) in [7, 11) is -2.50. The van der Waals surface area contributed by atoms with E-state index in [2.05, 4.69) is 4.40 Å². The van der Waals surface area contributed by atoms with Gasteiger partial charge in [-0.05, 0) is 38.1 Å². The minimum Gasteiger partial charge on any atom is -0.483 e. The fourth-order valence-electron chi connectivity index (χ4n) is 3.33. The van der Waals surface area contributed by atoms with Crippen LogP contribution in [0.1, 0.15) is 18.9 Å². The van der Waals surface area contributed by atoms with Crippen molar-refractivity contribution in [1.29, 1.82) is 0 Å². The second-order valence-electron chi connectivity index (χ2n) is 6.63. The lowest BCUT2D eigenvalue weighted by Gasteiger charge is -2.31. The largest absolute Gasteiger partial charge is 0.483 e. The van der Waals surface area contributed by atoms with Gasteiger partial charge in [0.05, 0.1) is 30.1 Å². The molecule has 2 aliphatic rings. The molecular weight excluding hydrogens is 342 g/mol. The highest BCUT2D eigenvalue weighted by Crippen LogP contribution is 2.43. The molecule has 3 rings (SSSR count). The molecule has 25 heavy (non-hydrogen) atoms. The van der Waals surface area contributed by atoms with Crippen molar-refractivity contribution in [2.45, 2.75) is 30.8 Å². The molecule has 0 unspecified atom stereocenters. The van der Waals surface area contributed by atoms with Crippen LogP contribution in [0.4, 0.5) is 0 Å². The molecule has 1 fully saturated rings. The Kier molecular flexibility index (Phi) is 4.55. The Morgan fingerprint density at radius 2 is 2.00 bits per heavy atom. The summed E-state index contributed by atoms with van der Waals surface area (Å²) in [5.74, 6) is -0.506. The quantitative estimate of drug-likeness (QED) is 0.608. The van der Waals surface area contributed by atoms with Gasteiger partial charge in [0.15, 0.2) is 5.78 Å². The van der Waals surface area contributed by atoms with Gasteiger partial charge < -0.3 is 9.47 Å². The van der Waals surface area contributed by atoms with Gasteiger partial charge >= 0.3 is 0 Å². The lowest BCUT2D eigenvalue weighted by atomic mass is 9.75. The van der Waals surface area contributed by atoms with E-state index in [4.69, 9.17) is 9.47 Å². The van der Waals surface area contributed by atoms with Gasteiger partial charge in [-0.1, -0.05) is 17.7 Å². The Morgan fingerprint density at radius 1 is 1.32 bits per heavy atom. The number of fused-ring (bicyclic) bond motifs is 1. The van der Waals surface area contributed by atoms with Gasteiger partial charge in [0.25, 0.3) is 10.0 Å². The normalized spacial score (nSPS) is 29.6. The smallest absolute Gasteiger partial charge is 0.285 e. The number of rotatable bonds is 3. The first kappa shape index (κ1) is 17.8. The maximum Gasteiger partial charge on any atom is 0.285 e. The second kappa shape index (κ2) is 6.38. The van der Waals surface area contributed by atoms with Crippen molar-refractivity contribution in [2.24, 2.45) is 16.2 Å². The predicted molar refractivity (Wildman–Crippen MR) is 92.9 cm³/mol. The molecule has 1 aromatic carbocycles. The van der Waals surface area contributed by atoms with Crippen LogP contribution >= 0.6 is 0 Å². The molecule has 0 saturated carbocycles. The molecule has 3 atom stereocenters. The highest BCUT2D eigenvalue weighted by molar-refractivity contribution is 7.90. The van der Waals surface area contributed by atoms with Gasteiger partial charge in [0, 0.05) is 12.3 Å². The first-order chi connectivity index (χ1) is 11.7. The van der Waals surface area contributed by atoms with Crippen LogP contribution in [0.25, 0.3) is 0 Å². The fraction of sp³-hybridized carbons (Fsp3) is 0.444. The minimum absolute atomic E-state index is 0.00480. The molecule has 1 aromatic rings. The summed E-state index contributed by atoms with van der Waals surface area (Å²) in [6, 6.07) is 6.47. The Balaban J connectivity index is 1.94. The van der Waals surface area contributed by atoms with Crippen molar-refractivity contribution < 1.29 is 22.7 Å². The molecule has 1 heterocycles. The number of carbonyl (C=O) groups excluding carboxylic acids is 1. The van der Waals surface area contributed by atoms with Crippen LogP contribution in [0.3, 0.4) is 0 Å². The number of hydrogen-bond donors (Lipinski definition) is 0. The number of methoxy groups -OCH3 is 1. The van der Waals surface area contributed by atoms with E-state index in [1.54, 1.807) is 18.2 Å². The van der Waals surface area contributed by atoms with Crippen molar-refractivity contribution in [3.8, 4) is 0 Å². The molecule has 0 bridgehead atoms. The number of aryl methyl sites for hydroxylation is 1. The molecule has 6 nitrogen and oxygen atoms in total. The van der Waals surface area contributed by atoms with E-state index in [9.17, 15) is 13.2 Å². The third-order valence-electron chi connectivity index (χ3n) is 4.87. The summed E-state index contributed by atoms with van der Waals surface area (Å²) in [6.07, 6.45) is 3.54. The van der Waals surface area contributed by atoms with E-state index in [0.29, 0.717) is 0 Å². The third-order valence-corrected chi connectivity index (χ3v) is 6.16. The van der Waals surface area contributed by atoms with Crippen LogP contribution in [0.15, 0.2) is 45.7 Å². The fourth-order valence-corrected chi connectivity index (χ4v) is 4.37. The lowest BCUT2D eigenvalue weighted by Crippen LogP contribution is -2.38. The summed E-state index contributed by atoms with van der Waals surface area (Å²) in [4.78, 5) is 11.9. The van der Waals surface area contributed by atoms with E-state index in [-0.39, 0.29) is 41.4 Å². The highest BCUT2D eigenvalue weighted by atomic mass is 32.2. The summed E-state index contributed by atoms with van der Waals surface area (Å²) in [6.45, 7) is 4.03. The van der Waals surface area contributed by atoms with Gasteiger partial charge in [0.2, 0.25) is 5.90 Å². The second-order valence-corrected chi connectivity index (χ2v) is 8.24. The number of hydrogen-bond acceptors (Lipinski definition) is 5. The number of ketones is 1. The zero-order valence-corrected chi connectivity index (χ0v) is 15.2. The summed E-state index contributed by atoms with van der Waals surface area (Å²) in [5, 5.41) is 0. The van der Waals surface area contributed by atoms with Crippen LogP contribution in [0.5, 0.6) is 0 Å². The topological polar surface area (TPSA) is 82.0 Å². The van der Waals surface area contributed by atoms with Gasteiger partial charge in [-0.15, -0.1) is 4.40 Å². The molecule has 0 amide bonds. The molecule has 1 aliphatic heterocycles. The van der Waals surface area contributed by atoms with Crippen molar-refractivity contribution in [2.75, 3.05) is 13.7 Å². The van der Waals surface area contributed by atoms with Crippen molar-refractivity contribution >= 4 is 21.7 Å². The molecule has 1 saturated heterocycles. The highest BCUT2D eigenvalue weighted by Gasteiger charge is 2.50. The molecule has 0 N–H and O–H groups in total. The lowest BCUT2D eigenvalue weighted by molar-refractivity contribution is -0.117. The monoisotopic (exact) mass is 363 g/mol. The SMILES string of the molecule is CO/C(=N/S(=O)(=O)c1ccc(C)cc1)[C@@H]1CO[C@]2(C)C=CC(=O)C[C@H]12. The van der Waals surface area contributed by atoms with E-state index < -0.39 is 15.6 Å². The Labute approximate surface area is 147 Å². The zero-order chi connectivity index (χ0) is 18.2. The molecule has 0 spiro atoms. The van der Waals surface area contributed by atoms with Crippen LogP contribution < -0.4 is 0 Å². The maximum absolute atomic E-state index is 12.6. The average Bonchev–Trinajstić information content (AvgIpc) is 2.90. The molecule has 0 aromatic heterocycles. The van der Waals surface area contributed by atoms with Crippen LogP contribution in [-0.2, 0) is 24.3 Å². The van der Waals surface area contributed by atoms with E-state index in [1.807, 2.05) is 13.8 Å². The van der Waals surface area contributed by atoms with Crippen molar-refractivity contribution in [3.05, 3.63) is 42.0 Å². The first-order valence-electron chi connectivity index (χ1n) is 8.07. The molecule has 0 radical (unpaired) electrons. The van der Waals surface area contributed by atoms with Gasteiger partial charge in [-0.25, -0.2) is 0 Å². The summed E-state index contributed by atoms with van der Waals surface area (Å²) < 4.78 is 40.2. The third kappa shape index (κ3) is 3.39. The van der Waals surface area contributed by atoms with Crippen molar-refractivity contribution in [3.63, 3.8) is 0 Å². The minimum atomic E-state index is -3.89. The number of benzene rings is 1. The molecular formula is C18H21NO5S. The van der Waals surface area contributed by atoms with E-state index in [1.165, 1.54) is 25.3 Å². The van der Waals surface area contributed by atoms with Crippen molar-refractivity contribution in [1.82, 2.24) is 0 Å². The molecule has 1 aliphatic carbocycles. The van der Waals surface area contributed by atoms with Crippen LogP contribution in [0.2, 0.25) is 0 Å². The number of nitrogens with zero attached hydrogens (tertiary/aromatic N) is 1. The van der Waals surface area contributed by atoms with Crippen LogP contribution in [0, 0.1) is 18.8 Å². The first-order valence-corrected chi connectivity index (χ1v) is 9.51. The van der Waals surface area contributed by atoms with E-state index in [0.717, 1.165) is 5.56 Å². The van der Waals surface area contributed by atoms with Crippen LogP contribution in [-0.4, -0.2) is 39.4 Å². The Morgan fingerprint density at radius 3 is 2.64 bits per heavy atom. The van der Waals surface area contributed by atoms with Gasteiger partial charge in [-0.3, -0.25) is 4.79 Å². The Hall–Kier alpha value is -1.99. The molecule has 7 heteroatoms. The Bertz CT molecular complexity index is 841. The number of ether oxygens (including phenoxy) is 2. The van der Waals surface area contributed by atoms with Gasteiger partial charge in [0.1, 0.15) is 0 Å². The predicted octanol–water partition coefficient (Wildman–Crippen LogP) is 2.28. The summed E-state index contributed by atoms with van der Waals surface area (Å²) in [5.41, 5.74) is 0.355. The average molecular weight is 363 g/mol. The zero-order valence-electron chi connectivity index (χ0n) is 14.4. The summed E-state index contributed by atoms with van der Waals surface area (Å²) >= 11 is 0. The maximum atomic E-state index is 12.6.